The van der Waals surface area contributed by atoms with Gasteiger partial charge in [0.25, 0.3) is 0 Å². The van der Waals surface area contributed by atoms with Crippen LogP contribution >= 0.6 is 0 Å². The van der Waals surface area contributed by atoms with Crippen molar-refractivity contribution in [2.45, 2.75) is 26.5 Å². The third-order valence-electron chi connectivity index (χ3n) is 4.41. The summed E-state index contributed by atoms with van der Waals surface area (Å²) in [6.45, 7) is 7.10. The number of morpholine rings is 1. The van der Waals surface area contributed by atoms with Gasteiger partial charge in [-0.05, 0) is 32.0 Å². The Bertz CT molecular complexity index is 847. The molecule has 0 atom stereocenters. The Morgan fingerprint density at radius 1 is 1.19 bits per heavy atom. The van der Waals surface area contributed by atoms with Crippen LogP contribution in [-0.4, -0.2) is 48.1 Å². The Labute approximate surface area is 151 Å². The molecule has 4 rings (SSSR count). The van der Waals surface area contributed by atoms with E-state index in [4.69, 9.17) is 9.47 Å². The summed E-state index contributed by atoms with van der Waals surface area (Å²) in [7, 11) is 0. The second-order valence-corrected chi connectivity index (χ2v) is 6.60. The predicted octanol–water partition coefficient (Wildman–Crippen LogP) is 2.59. The lowest BCUT2D eigenvalue weighted by atomic mass is 10.0. The molecule has 6 nitrogen and oxygen atoms in total. The first-order valence-corrected chi connectivity index (χ1v) is 8.81. The predicted molar refractivity (Wildman–Crippen MR) is 96.6 cm³/mol. The SMILES string of the molecule is CC(C)Oc1ccc(C2=NCc3ncnc(N4CCOCC4)c32)cc1F. The summed E-state index contributed by atoms with van der Waals surface area (Å²) >= 11 is 0. The lowest BCUT2D eigenvalue weighted by Gasteiger charge is -2.29. The number of benzene rings is 1. The molecule has 3 heterocycles. The quantitative estimate of drug-likeness (QED) is 0.843. The smallest absolute Gasteiger partial charge is 0.165 e. The molecular weight excluding hydrogens is 335 g/mol. The Hall–Kier alpha value is -2.54. The lowest BCUT2D eigenvalue weighted by molar-refractivity contribution is 0.122. The van der Waals surface area contributed by atoms with E-state index < -0.39 is 5.82 Å². The average Bonchev–Trinajstić information content (AvgIpc) is 3.08. The normalized spacial score (nSPS) is 16.6. The molecule has 136 valence electrons. The van der Waals surface area contributed by atoms with Crippen LogP contribution in [0.1, 0.15) is 30.7 Å². The maximum Gasteiger partial charge on any atom is 0.165 e. The number of aromatic nitrogens is 2. The van der Waals surface area contributed by atoms with Crippen LogP contribution in [0.4, 0.5) is 10.2 Å². The number of rotatable bonds is 4. The molecule has 7 heteroatoms. The fourth-order valence-corrected chi connectivity index (χ4v) is 3.26. The maximum absolute atomic E-state index is 14.5. The van der Waals surface area contributed by atoms with Crippen molar-refractivity contribution >= 4 is 11.5 Å². The van der Waals surface area contributed by atoms with E-state index >= 15 is 0 Å². The summed E-state index contributed by atoms with van der Waals surface area (Å²) in [4.78, 5) is 15.6. The highest BCUT2D eigenvalue weighted by atomic mass is 19.1. The van der Waals surface area contributed by atoms with Gasteiger partial charge in [0, 0.05) is 18.7 Å². The average molecular weight is 356 g/mol. The third kappa shape index (κ3) is 3.14. The van der Waals surface area contributed by atoms with E-state index in [1.54, 1.807) is 12.4 Å². The molecule has 2 aliphatic rings. The molecule has 1 aromatic heterocycles. The summed E-state index contributed by atoms with van der Waals surface area (Å²) in [6, 6.07) is 4.97. The van der Waals surface area contributed by atoms with Gasteiger partial charge < -0.3 is 14.4 Å². The fraction of sp³-hybridized carbons (Fsp3) is 0.421. The van der Waals surface area contributed by atoms with Crippen LogP contribution in [0.2, 0.25) is 0 Å². The number of anilines is 1. The van der Waals surface area contributed by atoms with Gasteiger partial charge in [-0.1, -0.05) is 0 Å². The number of aliphatic imine (C=N–C) groups is 1. The van der Waals surface area contributed by atoms with Gasteiger partial charge in [-0.3, -0.25) is 4.99 Å². The van der Waals surface area contributed by atoms with Gasteiger partial charge in [0.05, 0.1) is 42.8 Å². The molecule has 0 unspecified atom stereocenters. The summed E-state index contributed by atoms with van der Waals surface area (Å²) in [5.41, 5.74) is 3.21. The van der Waals surface area contributed by atoms with Gasteiger partial charge in [0.15, 0.2) is 11.6 Å². The second kappa shape index (κ2) is 6.99. The Kier molecular flexibility index (Phi) is 4.55. The van der Waals surface area contributed by atoms with Crippen LogP contribution in [0, 0.1) is 5.82 Å². The van der Waals surface area contributed by atoms with Crippen LogP contribution in [0.5, 0.6) is 5.75 Å². The first-order valence-electron chi connectivity index (χ1n) is 8.81. The number of nitrogens with zero attached hydrogens (tertiary/aromatic N) is 4. The van der Waals surface area contributed by atoms with Gasteiger partial charge in [-0.25, -0.2) is 14.4 Å². The molecule has 1 aromatic carbocycles. The van der Waals surface area contributed by atoms with Crippen LogP contribution in [0.15, 0.2) is 29.5 Å². The molecule has 26 heavy (non-hydrogen) atoms. The zero-order valence-corrected chi connectivity index (χ0v) is 14.9. The van der Waals surface area contributed by atoms with E-state index in [9.17, 15) is 4.39 Å². The Balaban J connectivity index is 1.70. The van der Waals surface area contributed by atoms with Gasteiger partial charge in [-0.15, -0.1) is 0 Å². The lowest BCUT2D eigenvalue weighted by Crippen LogP contribution is -2.37. The van der Waals surface area contributed by atoms with E-state index in [1.807, 2.05) is 19.9 Å². The summed E-state index contributed by atoms with van der Waals surface area (Å²) in [5.74, 6) is 0.704. The van der Waals surface area contributed by atoms with E-state index in [0.717, 1.165) is 35.9 Å². The minimum absolute atomic E-state index is 0.0822. The van der Waals surface area contributed by atoms with Crippen molar-refractivity contribution in [2.75, 3.05) is 31.2 Å². The first-order chi connectivity index (χ1) is 12.6. The first kappa shape index (κ1) is 16.9. The molecule has 0 bridgehead atoms. The number of fused-ring (bicyclic) bond motifs is 1. The highest BCUT2D eigenvalue weighted by Gasteiger charge is 2.27. The van der Waals surface area contributed by atoms with Crippen molar-refractivity contribution in [1.82, 2.24) is 9.97 Å². The summed E-state index contributed by atoms with van der Waals surface area (Å²) < 4.78 is 25.4. The monoisotopic (exact) mass is 356 g/mol. The molecule has 0 amide bonds. The van der Waals surface area contributed by atoms with Crippen molar-refractivity contribution in [3.8, 4) is 5.75 Å². The molecule has 2 aliphatic heterocycles. The summed E-state index contributed by atoms with van der Waals surface area (Å²) in [5, 5.41) is 0. The Morgan fingerprint density at radius 3 is 2.73 bits per heavy atom. The largest absolute Gasteiger partial charge is 0.488 e. The van der Waals surface area contributed by atoms with E-state index in [2.05, 4.69) is 19.9 Å². The summed E-state index contributed by atoms with van der Waals surface area (Å²) in [6.07, 6.45) is 1.49. The second-order valence-electron chi connectivity index (χ2n) is 6.60. The molecule has 0 aliphatic carbocycles. The maximum atomic E-state index is 14.5. The van der Waals surface area contributed by atoms with Gasteiger partial charge >= 0.3 is 0 Å². The molecule has 0 saturated carbocycles. The van der Waals surface area contributed by atoms with Crippen molar-refractivity contribution in [3.63, 3.8) is 0 Å². The van der Waals surface area contributed by atoms with E-state index in [0.29, 0.717) is 25.3 Å². The van der Waals surface area contributed by atoms with Crippen molar-refractivity contribution in [1.29, 1.82) is 0 Å². The molecule has 2 aromatic rings. The number of halogens is 1. The molecule has 0 N–H and O–H groups in total. The van der Waals surface area contributed by atoms with Crippen LogP contribution < -0.4 is 9.64 Å². The van der Waals surface area contributed by atoms with E-state index in [1.165, 1.54) is 6.07 Å². The highest BCUT2D eigenvalue weighted by molar-refractivity contribution is 6.17. The van der Waals surface area contributed by atoms with Crippen molar-refractivity contribution in [3.05, 3.63) is 47.2 Å². The molecule has 1 fully saturated rings. The van der Waals surface area contributed by atoms with Crippen LogP contribution in [0.3, 0.4) is 0 Å². The van der Waals surface area contributed by atoms with Gasteiger partial charge in [0.2, 0.25) is 0 Å². The zero-order chi connectivity index (χ0) is 18.1. The van der Waals surface area contributed by atoms with Crippen molar-refractivity contribution in [2.24, 2.45) is 4.99 Å². The van der Waals surface area contributed by atoms with Gasteiger partial charge in [-0.2, -0.15) is 0 Å². The molecule has 0 spiro atoms. The standard InChI is InChI=1S/C19H21FN4O2/c1-12(2)26-16-4-3-13(9-14(16)20)18-17-15(10-21-18)22-11-23-19(17)24-5-7-25-8-6-24/h3-4,9,11-12H,5-8,10H2,1-2H3. The topological polar surface area (TPSA) is 59.8 Å². The Morgan fingerprint density at radius 2 is 2.00 bits per heavy atom. The van der Waals surface area contributed by atoms with Crippen molar-refractivity contribution < 1.29 is 13.9 Å². The number of hydrogen-bond acceptors (Lipinski definition) is 6. The number of ether oxygens (including phenoxy) is 2. The van der Waals surface area contributed by atoms with Gasteiger partial charge in [0.1, 0.15) is 12.1 Å². The molecule has 0 radical (unpaired) electrons. The highest BCUT2D eigenvalue weighted by Crippen LogP contribution is 2.31. The number of hydrogen-bond donors (Lipinski definition) is 0. The minimum atomic E-state index is -0.392. The van der Waals surface area contributed by atoms with E-state index in [-0.39, 0.29) is 11.9 Å². The molecular formula is C19H21FN4O2. The molecule has 1 saturated heterocycles. The minimum Gasteiger partial charge on any atom is -0.488 e. The fourth-order valence-electron chi connectivity index (χ4n) is 3.26. The third-order valence-corrected chi connectivity index (χ3v) is 4.41. The zero-order valence-electron chi connectivity index (χ0n) is 14.9. The van der Waals surface area contributed by atoms with Crippen LogP contribution in [-0.2, 0) is 11.3 Å². The van der Waals surface area contributed by atoms with Crippen LogP contribution in [0.25, 0.3) is 0 Å².